The SMILES string of the molecule is NCCCCCC(=O)NC(Cc1ccccc1)c1nc(-c2cccc(C(F)(F)F)c2)no1. The number of carbonyl (C=O) groups is 1. The van der Waals surface area contributed by atoms with Gasteiger partial charge in [0.05, 0.1) is 5.56 Å². The van der Waals surface area contributed by atoms with Crippen molar-refractivity contribution < 1.29 is 22.5 Å². The van der Waals surface area contributed by atoms with E-state index in [1.165, 1.54) is 12.1 Å². The maximum atomic E-state index is 13.0. The number of halogens is 3. The molecule has 3 aromatic rings. The number of hydrogen-bond acceptors (Lipinski definition) is 5. The molecule has 1 heterocycles. The molecule has 0 radical (unpaired) electrons. The Morgan fingerprint density at radius 3 is 2.56 bits per heavy atom. The summed E-state index contributed by atoms with van der Waals surface area (Å²) in [5.41, 5.74) is 5.81. The third-order valence-electron chi connectivity index (χ3n) is 4.91. The molecular formula is C23H25F3N4O2. The van der Waals surface area contributed by atoms with Crippen molar-refractivity contribution in [1.29, 1.82) is 0 Å². The number of carbonyl (C=O) groups excluding carboxylic acids is 1. The standard InChI is InChI=1S/C23H25F3N4O2/c24-23(25,26)18-11-7-10-17(15-18)21-29-22(32-30-21)19(14-16-8-3-1-4-9-16)28-20(31)12-5-2-6-13-27/h1,3-4,7-11,15,19H,2,5-6,12-14,27H2,(H,28,31). The molecule has 1 amide bonds. The van der Waals surface area contributed by atoms with Crippen LogP contribution in [0.15, 0.2) is 59.1 Å². The summed E-state index contributed by atoms with van der Waals surface area (Å²) in [6.45, 7) is 0.582. The van der Waals surface area contributed by atoms with Crippen molar-refractivity contribution in [3.8, 4) is 11.4 Å². The number of unbranched alkanes of at least 4 members (excludes halogenated alkanes) is 2. The topological polar surface area (TPSA) is 94.0 Å². The fraction of sp³-hybridized carbons (Fsp3) is 0.348. The maximum absolute atomic E-state index is 13.0. The number of nitrogens with zero attached hydrogens (tertiary/aromatic N) is 2. The number of alkyl halides is 3. The predicted octanol–water partition coefficient (Wildman–Crippen LogP) is 4.67. The highest BCUT2D eigenvalue weighted by Gasteiger charge is 2.31. The molecule has 1 atom stereocenters. The van der Waals surface area contributed by atoms with Gasteiger partial charge in [-0.25, -0.2) is 0 Å². The minimum absolute atomic E-state index is 0.0290. The van der Waals surface area contributed by atoms with Gasteiger partial charge in [-0.15, -0.1) is 0 Å². The van der Waals surface area contributed by atoms with E-state index in [1.807, 2.05) is 30.3 Å². The summed E-state index contributed by atoms with van der Waals surface area (Å²) in [6, 6.07) is 13.6. The van der Waals surface area contributed by atoms with Gasteiger partial charge in [-0.3, -0.25) is 4.79 Å². The van der Waals surface area contributed by atoms with Crippen molar-refractivity contribution in [2.45, 2.75) is 44.3 Å². The Balaban J connectivity index is 1.79. The lowest BCUT2D eigenvalue weighted by atomic mass is 10.1. The average molecular weight is 446 g/mol. The van der Waals surface area contributed by atoms with Crippen LogP contribution in [-0.4, -0.2) is 22.6 Å². The summed E-state index contributed by atoms with van der Waals surface area (Å²) in [6.07, 6.45) is -1.32. The molecule has 1 unspecified atom stereocenters. The van der Waals surface area contributed by atoms with Crippen LogP contribution in [-0.2, 0) is 17.4 Å². The molecular weight excluding hydrogens is 421 g/mol. The lowest BCUT2D eigenvalue weighted by Gasteiger charge is -2.15. The monoisotopic (exact) mass is 446 g/mol. The molecule has 0 saturated carbocycles. The molecule has 0 bridgehead atoms. The molecule has 0 saturated heterocycles. The number of nitrogens with two attached hydrogens (primary N) is 1. The first-order valence-corrected chi connectivity index (χ1v) is 10.4. The van der Waals surface area contributed by atoms with Gasteiger partial charge in [0.1, 0.15) is 6.04 Å². The Labute approximate surface area is 184 Å². The molecule has 32 heavy (non-hydrogen) atoms. The van der Waals surface area contributed by atoms with Gasteiger partial charge in [-0.05, 0) is 37.1 Å². The van der Waals surface area contributed by atoms with E-state index < -0.39 is 17.8 Å². The molecule has 2 aromatic carbocycles. The van der Waals surface area contributed by atoms with Crippen LogP contribution in [0.4, 0.5) is 13.2 Å². The molecule has 0 aliphatic rings. The molecule has 0 aliphatic carbocycles. The third kappa shape index (κ3) is 6.65. The number of rotatable bonds is 10. The molecule has 6 nitrogen and oxygen atoms in total. The first kappa shape index (κ1) is 23.5. The summed E-state index contributed by atoms with van der Waals surface area (Å²) in [4.78, 5) is 16.7. The normalized spacial score (nSPS) is 12.5. The minimum Gasteiger partial charge on any atom is -0.344 e. The van der Waals surface area contributed by atoms with E-state index in [4.69, 9.17) is 10.3 Å². The molecule has 0 aliphatic heterocycles. The van der Waals surface area contributed by atoms with Crippen LogP contribution < -0.4 is 11.1 Å². The Bertz CT molecular complexity index is 1010. The predicted molar refractivity (Wildman–Crippen MR) is 113 cm³/mol. The molecule has 3 rings (SSSR count). The van der Waals surface area contributed by atoms with Crippen LogP contribution >= 0.6 is 0 Å². The fourth-order valence-corrected chi connectivity index (χ4v) is 3.25. The van der Waals surface area contributed by atoms with E-state index in [-0.39, 0.29) is 23.2 Å². The van der Waals surface area contributed by atoms with Crippen molar-refractivity contribution in [1.82, 2.24) is 15.5 Å². The van der Waals surface area contributed by atoms with Gasteiger partial charge >= 0.3 is 6.18 Å². The van der Waals surface area contributed by atoms with E-state index >= 15 is 0 Å². The van der Waals surface area contributed by atoms with Crippen LogP contribution in [0, 0.1) is 0 Å². The lowest BCUT2D eigenvalue weighted by Crippen LogP contribution is -2.30. The van der Waals surface area contributed by atoms with Gasteiger partial charge in [0.2, 0.25) is 17.6 Å². The van der Waals surface area contributed by atoms with Gasteiger partial charge in [-0.2, -0.15) is 18.2 Å². The van der Waals surface area contributed by atoms with Crippen molar-refractivity contribution in [3.63, 3.8) is 0 Å². The Hall–Kier alpha value is -3.20. The van der Waals surface area contributed by atoms with Crippen LogP contribution in [0.5, 0.6) is 0 Å². The van der Waals surface area contributed by atoms with Gasteiger partial charge in [0.25, 0.3) is 0 Å². The quantitative estimate of drug-likeness (QED) is 0.441. The fourth-order valence-electron chi connectivity index (χ4n) is 3.25. The van der Waals surface area contributed by atoms with E-state index in [0.29, 0.717) is 25.8 Å². The van der Waals surface area contributed by atoms with Crippen LogP contribution in [0.3, 0.4) is 0 Å². The summed E-state index contributed by atoms with van der Waals surface area (Å²) >= 11 is 0. The van der Waals surface area contributed by atoms with Crippen LogP contribution in [0.1, 0.15) is 48.7 Å². The summed E-state index contributed by atoms with van der Waals surface area (Å²) < 4.78 is 44.5. The Morgan fingerprint density at radius 1 is 1.06 bits per heavy atom. The van der Waals surface area contributed by atoms with Crippen LogP contribution in [0.2, 0.25) is 0 Å². The second kappa shape index (κ2) is 10.9. The maximum Gasteiger partial charge on any atom is 0.416 e. The van der Waals surface area contributed by atoms with Crippen LogP contribution in [0.25, 0.3) is 11.4 Å². The first-order chi connectivity index (χ1) is 15.4. The molecule has 1 aromatic heterocycles. The molecule has 0 fully saturated rings. The largest absolute Gasteiger partial charge is 0.416 e. The van der Waals surface area contributed by atoms with Gasteiger partial charge in [0, 0.05) is 18.4 Å². The number of hydrogen-bond donors (Lipinski definition) is 2. The Morgan fingerprint density at radius 2 is 1.84 bits per heavy atom. The lowest BCUT2D eigenvalue weighted by molar-refractivity contribution is -0.137. The second-order valence-corrected chi connectivity index (χ2v) is 7.44. The highest BCUT2D eigenvalue weighted by Crippen LogP contribution is 2.31. The molecule has 0 spiro atoms. The number of aromatic nitrogens is 2. The van der Waals surface area contributed by atoms with E-state index in [0.717, 1.165) is 30.5 Å². The third-order valence-corrected chi connectivity index (χ3v) is 4.91. The molecule has 170 valence electrons. The van der Waals surface area contributed by atoms with E-state index in [1.54, 1.807) is 0 Å². The zero-order valence-electron chi connectivity index (χ0n) is 17.4. The number of nitrogens with one attached hydrogen (secondary N) is 1. The zero-order chi connectivity index (χ0) is 23.0. The van der Waals surface area contributed by atoms with E-state index in [9.17, 15) is 18.0 Å². The highest BCUT2D eigenvalue weighted by molar-refractivity contribution is 5.76. The first-order valence-electron chi connectivity index (χ1n) is 10.4. The Kier molecular flexibility index (Phi) is 7.99. The number of amides is 1. The summed E-state index contributed by atoms with van der Waals surface area (Å²) in [7, 11) is 0. The second-order valence-electron chi connectivity index (χ2n) is 7.44. The van der Waals surface area contributed by atoms with Gasteiger partial charge in [-0.1, -0.05) is 54.0 Å². The van der Waals surface area contributed by atoms with E-state index in [2.05, 4.69) is 15.5 Å². The average Bonchev–Trinajstić information content (AvgIpc) is 3.27. The smallest absolute Gasteiger partial charge is 0.344 e. The van der Waals surface area contributed by atoms with Crippen molar-refractivity contribution in [3.05, 3.63) is 71.6 Å². The van der Waals surface area contributed by atoms with Gasteiger partial charge < -0.3 is 15.6 Å². The van der Waals surface area contributed by atoms with Crippen molar-refractivity contribution >= 4 is 5.91 Å². The van der Waals surface area contributed by atoms with Crippen molar-refractivity contribution in [2.24, 2.45) is 5.73 Å². The van der Waals surface area contributed by atoms with Gasteiger partial charge in [0.15, 0.2) is 0 Å². The summed E-state index contributed by atoms with van der Waals surface area (Å²) in [5, 5.41) is 6.76. The zero-order valence-corrected chi connectivity index (χ0v) is 17.4. The molecule has 9 heteroatoms. The highest BCUT2D eigenvalue weighted by atomic mass is 19.4. The summed E-state index contributed by atoms with van der Waals surface area (Å²) in [5.74, 6) is -0.000277. The minimum atomic E-state index is -4.48. The molecule has 3 N–H and O–H groups in total. The number of benzene rings is 2. The van der Waals surface area contributed by atoms with Crippen molar-refractivity contribution in [2.75, 3.05) is 6.54 Å².